The van der Waals surface area contributed by atoms with Crippen molar-refractivity contribution in [1.82, 2.24) is 14.8 Å². The van der Waals surface area contributed by atoms with E-state index < -0.39 is 0 Å². The lowest BCUT2D eigenvalue weighted by Crippen LogP contribution is -2.53. The quantitative estimate of drug-likeness (QED) is 0.837. The fourth-order valence-electron chi connectivity index (χ4n) is 4.85. The SMILES string of the molecule is COc1ccc2c(c1)NC1(CCN(C(=O)NC[C@H]3CCCO3)CC1)c1cccn1-2. The van der Waals surface area contributed by atoms with Crippen LogP contribution < -0.4 is 15.4 Å². The smallest absolute Gasteiger partial charge is 0.317 e. The molecule has 3 aliphatic rings. The number of nitrogens with zero attached hydrogens (tertiary/aromatic N) is 2. The van der Waals surface area contributed by atoms with E-state index in [-0.39, 0.29) is 17.7 Å². The van der Waals surface area contributed by atoms with Crippen LogP contribution in [0.15, 0.2) is 36.5 Å². The second-order valence-electron chi connectivity index (χ2n) is 8.16. The number of amides is 2. The van der Waals surface area contributed by atoms with Gasteiger partial charge < -0.3 is 29.6 Å². The van der Waals surface area contributed by atoms with E-state index in [0.717, 1.165) is 62.5 Å². The second-order valence-corrected chi connectivity index (χ2v) is 8.16. The summed E-state index contributed by atoms with van der Waals surface area (Å²) < 4.78 is 13.3. The number of hydrogen-bond donors (Lipinski definition) is 2. The van der Waals surface area contributed by atoms with E-state index in [1.54, 1.807) is 7.11 Å². The number of carbonyl (C=O) groups excluding carboxylic acids is 1. The molecular formula is C22H28N4O3. The number of piperidine rings is 1. The summed E-state index contributed by atoms with van der Waals surface area (Å²) in [6.45, 7) is 2.85. The zero-order chi connectivity index (χ0) is 19.8. The van der Waals surface area contributed by atoms with E-state index in [9.17, 15) is 4.79 Å². The number of hydrogen-bond acceptors (Lipinski definition) is 4. The largest absolute Gasteiger partial charge is 0.497 e. The highest BCUT2D eigenvalue weighted by Crippen LogP contribution is 2.44. The molecule has 1 aromatic carbocycles. The minimum atomic E-state index is -0.172. The van der Waals surface area contributed by atoms with Crippen LogP contribution in [0.5, 0.6) is 5.75 Å². The molecule has 154 valence electrons. The number of methoxy groups -OCH3 is 1. The van der Waals surface area contributed by atoms with Gasteiger partial charge in [-0.2, -0.15) is 0 Å². The lowest BCUT2D eigenvalue weighted by Gasteiger charge is -2.46. The molecule has 0 radical (unpaired) electrons. The van der Waals surface area contributed by atoms with E-state index in [2.05, 4.69) is 45.7 Å². The summed E-state index contributed by atoms with van der Waals surface area (Å²) in [5, 5.41) is 6.84. The summed E-state index contributed by atoms with van der Waals surface area (Å²) in [6, 6.07) is 10.4. The Balaban J connectivity index is 1.30. The van der Waals surface area contributed by atoms with E-state index in [4.69, 9.17) is 9.47 Å². The molecule has 1 atom stereocenters. The first-order chi connectivity index (χ1) is 14.2. The zero-order valence-corrected chi connectivity index (χ0v) is 16.8. The lowest BCUT2D eigenvalue weighted by atomic mass is 9.82. The number of benzene rings is 1. The van der Waals surface area contributed by atoms with Crippen molar-refractivity contribution in [2.45, 2.75) is 37.3 Å². The van der Waals surface area contributed by atoms with E-state index >= 15 is 0 Å². The Morgan fingerprint density at radius 3 is 2.97 bits per heavy atom. The molecule has 0 aliphatic carbocycles. The van der Waals surface area contributed by atoms with E-state index in [1.807, 2.05) is 11.0 Å². The summed E-state index contributed by atoms with van der Waals surface area (Å²) in [4.78, 5) is 14.5. The Hall–Kier alpha value is -2.67. The summed E-state index contributed by atoms with van der Waals surface area (Å²) in [7, 11) is 1.69. The second kappa shape index (κ2) is 7.30. The third-order valence-corrected chi connectivity index (χ3v) is 6.49. The van der Waals surface area contributed by atoms with Gasteiger partial charge in [0, 0.05) is 44.2 Å². The van der Waals surface area contributed by atoms with Gasteiger partial charge in [0.2, 0.25) is 0 Å². The Kier molecular flexibility index (Phi) is 4.62. The molecule has 0 saturated carbocycles. The Morgan fingerprint density at radius 2 is 2.21 bits per heavy atom. The van der Waals surface area contributed by atoms with Crippen LogP contribution in [0, 0.1) is 0 Å². The molecule has 0 bridgehead atoms. The maximum atomic E-state index is 12.6. The number of nitrogens with one attached hydrogen (secondary N) is 2. The van der Waals surface area contributed by atoms with Crippen LogP contribution in [0.4, 0.5) is 10.5 Å². The molecule has 4 heterocycles. The van der Waals surface area contributed by atoms with Crippen molar-refractivity contribution in [2.24, 2.45) is 0 Å². The van der Waals surface area contributed by atoms with Crippen molar-refractivity contribution in [3.05, 3.63) is 42.2 Å². The van der Waals surface area contributed by atoms with Crippen LogP contribution in [-0.2, 0) is 10.3 Å². The number of aromatic nitrogens is 1. The van der Waals surface area contributed by atoms with Gasteiger partial charge in [-0.25, -0.2) is 4.79 Å². The number of likely N-dealkylation sites (tertiary alicyclic amines) is 1. The van der Waals surface area contributed by atoms with Crippen molar-refractivity contribution < 1.29 is 14.3 Å². The maximum absolute atomic E-state index is 12.6. The van der Waals surface area contributed by atoms with Crippen LogP contribution >= 0.6 is 0 Å². The molecule has 5 rings (SSSR count). The molecule has 2 saturated heterocycles. The molecule has 29 heavy (non-hydrogen) atoms. The first kappa shape index (κ1) is 18.4. The van der Waals surface area contributed by atoms with Gasteiger partial charge in [-0.3, -0.25) is 0 Å². The van der Waals surface area contributed by atoms with Crippen molar-refractivity contribution in [2.75, 3.05) is 38.7 Å². The summed E-state index contributed by atoms with van der Waals surface area (Å²) in [6.07, 6.45) is 6.13. The molecule has 1 spiro atoms. The van der Waals surface area contributed by atoms with Gasteiger partial charge in [-0.1, -0.05) is 0 Å². The fourth-order valence-corrected chi connectivity index (χ4v) is 4.85. The van der Waals surface area contributed by atoms with Crippen LogP contribution in [0.3, 0.4) is 0 Å². The van der Waals surface area contributed by atoms with Crippen LogP contribution in [-0.4, -0.2) is 55.0 Å². The lowest BCUT2D eigenvalue weighted by molar-refractivity contribution is 0.106. The number of anilines is 1. The Labute approximate surface area is 171 Å². The van der Waals surface area contributed by atoms with E-state index in [0.29, 0.717) is 6.54 Å². The summed E-state index contributed by atoms with van der Waals surface area (Å²) in [5.74, 6) is 0.841. The zero-order valence-electron chi connectivity index (χ0n) is 16.8. The monoisotopic (exact) mass is 396 g/mol. The molecular weight excluding hydrogens is 368 g/mol. The summed E-state index contributed by atoms with van der Waals surface area (Å²) in [5.41, 5.74) is 3.29. The number of urea groups is 1. The number of carbonyl (C=O) groups is 1. The topological polar surface area (TPSA) is 67.8 Å². The Bertz CT molecular complexity index is 895. The molecule has 2 aromatic rings. The van der Waals surface area contributed by atoms with Gasteiger partial charge in [0.05, 0.1) is 30.1 Å². The first-order valence-electron chi connectivity index (χ1n) is 10.5. The van der Waals surface area contributed by atoms with Crippen molar-refractivity contribution >= 4 is 11.7 Å². The molecule has 2 amide bonds. The number of fused-ring (bicyclic) bond motifs is 4. The van der Waals surface area contributed by atoms with Crippen LogP contribution in [0.25, 0.3) is 5.69 Å². The van der Waals surface area contributed by atoms with Crippen LogP contribution in [0.2, 0.25) is 0 Å². The number of ether oxygens (including phenoxy) is 2. The molecule has 0 unspecified atom stereocenters. The van der Waals surface area contributed by atoms with Crippen molar-refractivity contribution in [3.8, 4) is 11.4 Å². The van der Waals surface area contributed by atoms with Crippen molar-refractivity contribution in [3.63, 3.8) is 0 Å². The first-order valence-corrected chi connectivity index (χ1v) is 10.5. The van der Waals surface area contributed by atoms with Crippen molar-refractivity contribution in [1.29, 1.82) is 0 Å². The standard InChI is InChI=1S/C22H28N4O3/c1-28-16-6-7-19-18(14-16)24-22(20-5-2-10-26(19)20)8-11-25(12-9-22)21(27)23-15-17-4-3-13-29-17/h2,5-7,10,14,17,24H,3-4,8-9,11-13,15H2,1H3,(H,23,27)/t17-/m1/s1. The highest BCUT2D eigenvalue weighted by atomic mass is 16.5. The average molecular weight is 396 g/mol. The number of rotatable bonds is 3. The van der Waals surface area contributed by atoms with Gasteiger partial charge in [0.15, 0.2) is 0 Å². The van der Waals surface area contributed by atoms with Crippen LogP contribution in [0.1, 0.15) is 31.4 Å². The molecule has 2 fully saturated rings. The van der Waals surface area contributed by atoms with Gasteiger partial charge in [0.25, 0.3) is 0 Å². The Morgan fingerprint density at radius 1 is 1.34 bits per heavy atom. The normalized spacial score (nSPS) is 22.0. The maximum Gasteiger partial charge on any atom is 0.317 e. The predicted molar refractivity (Wildman–Crippen MR) is 111 cm³/mol. The average Bonchev–Trinajstić information content (AvgIpc) is 3.45. The molecule has 7 nitrogen and oxygen atoms in total. The van der Waals surface area contributed by atoms with E-state index in [1.165, 1.54) is 5.69 Å². The van der Waals surface area contributed by atoms with Gasteiger partial charge >= 0.3 is 6.03 Å². The van der Waals surface area contributed by atoms with Gasteiger partial charge in [0.1, 0.15) is 5.75 Å². The minimum absolute atomic E-state index is 0.0172. The highest BCUT2D eigenvalue weighted by Gasteiger charge is 2.42. The minimum Gasteiger partial charge on any atom is -0.497 e. The van der Waals surface area contributed by atoms with Gasteiger partial charge in [-0.05, 0) is 49.9 Å². The summed E-state index contributed by atoms with van der Waals surface area (Å²) >= 11 is 0. The molecule has 7 heteroatoms. The highest BCUT2D eigenvalue weighted by molar-refractivity contribution is 5.75. The molecule has 2 N–H and O–H groups in total. The third kappa shape index (κ3) is 3.23. The third-order valence-electron chi connectivity index (χ3n) is 6.49. The predicted octanol–water partition coefficient (Wildman–Crippen LogP) is 3.09. The fraction of sp³-hybridized carbons (Fsp3) is 0.500. The van der Waals surface area contributed by atoms with Gasteiger partial charge in [-0.15, -0.1) is 0 Å². The molecule has 1 aromatic heterocycles. The molecule has 3 aliphatic heterocycles.